The van der Waals surface area contributed by atoms with Gasteiger partial charge in [0.2, 0.25) is 5.91 Å². The Hall–Kier alpha value is -3.89. The third-order valence-corrected chi connectivity index (χ3v) is 8.74. The maximum atomic E-state index is 12.2. The zero-order valence-electron chi connectivity index (χ0n) is 24.4. The fraction of sp³-hybridized carbons (Fsp3) is 0.469. The van der Waals surface area contributed by atoms with Crippen molar-refractivity contribution < 1.29 is 19.4 Å². The fourth-order valence-corrected chi connectivity index (χ4v) is 6.48. The zero-order valence-corrected chi connectivity index (χ0v) is 24.4. The Labute approximate surface area is 247 Å². The van der Waals surface area contributed by atoms with Crippen LogP contribution in [0.3, 0.4) is 0 Å². The van der Waals surface area contributed by atoms with Gasteiger partial charge in [-0.25, -0.2) is 0 Å². The molecule has 3 aliphatic heterocycles. The Morgan fingerprint density at radius 3 is 2.74 bits per heavy atom. The molecule has 3 aromatic rings. The van der Waals surface area contributed by atoms with E-state index in [9.17, 15) is 9.90 Å². The first-order valence-corrected chi connectivity index (χ1v) is 14.9. The molecule has 2 saturated heterocycles. The van der Waals surface area contributed by atoms with Crippen LogP contribution in [0.25, 0.3) is 10.8 Å². The highest BCUT2D eigenvalue weighted by Crippen LogP contribution is 2.36. The number of ether oxygens (including phenoxy) is 2. The van der Waals surface area contributed by atoms with E-state index in [-0.39, 0.29) is 11.7 Å². The van der Waals surface area contributed by atoms with Gasteiger partial charge < -0.3 is 29.3 Å². The van der Waals surface area contributed by atoms with E-state index in [0.717, 1.165) is 72.4 Å². The monoisotopic (exact) mass is 572 g/mol. The second-order valence-corrected chi connectivity index (χ2v) is 11.3. The number of nitrogens with zero attached hydrogens (tertiary/aromatic N) is 6. The van der Waals surface area contributed by atoms with Gasteiger partial charge in [0.1, 0.15) is 18.2 Å². The molecule has 42 heavy (non-hydrogen) atoms. The third-order valence-electron chi connectivity index (χ3n) is 8.74. The van der Waals surface area contributed by atoms with Crippen LogP contribution in [0.1, 0.15) is 24.1 Å². The summed E-state index contributed by atoms with van der Waals surface area (Å²) in [6.07, 6.45) is 4.38. The van der Waals surface area contributed by atoms with E-state index < -0.39 is 0 Å². The molecule has 1 amide bonds. The fourth-order valence-electron chi connectivity index (χ4n) is 6.48. The lowest BCUT2D eigenvalue weighted by molar-refractivity contribution is -0.126. The van der Waals surface area contributed by atoms with Gasteiger partial charge in [-0.1, -0.05) is 30.8 Å². The SMILES string of the molecule is C=CC(=O)N1CCN(c2nc(OC[C@H]3CCCN3CCOC)nc3c2CCN(c2cc(O)cc4ccccc24)C3)CC1. The number of carbonyl (C=O) groups excluding carboxylic acids is 1. The molecule has 3 aliphatic rings. The van der Waals surface area contributed by atoms with Crippen molar-refractivity contribution in [1.82, 2.24) is 19.8 Å². The van der Waals surface area contributed by atoms with Crippen molar-refractivity contribution in [2.75, 3.05) is 75.9 Å². The van der Waals surface area contributed by atoms with Crippen molar-refractivity contribution in [3.63, 3.8) is 0 Å². The van der Waals surface area contributed by atoms with Gasteiger partial charge in [0.15, 0.2) is 0 Å². The van der Waals surface area contributed by atoms with E-state index >= 15 is 0 Å². The number of phenolic OH excluding ortho intramolecular Hbond substituents is 1. The number of likely N-dealkylation sites (tertiary alicyclic amines) is 1. The van der Waals surface area contributed by atoms with Crippen molar-refractivity contribution in [1.29, 1.82) is 0 Å². The van der Waals surface area contributed by atoms with E-state index in [1.807, 2.05) is 29.2 Å². The van der Waals surface area contributed by atoms with Crippen molar-refractivity contribution in [3.05, 3.63) is 60.3 Å². The largest absolute Gasteiger partial charge is 0.508 e. The number of methoxy groups -OCH3 is 1. The Morgan fingerprint density at radius 1 is 1.10 bits per heavy atom. The van der Waals surface area contributed by atoms with Crippen LogP contribution in [0.15, 0.2) is 49.1 Å². The highest BCUT2D eigenvalue weighted by Gasteiger charge is 2.30. The van der Waals surface area contributed by atoms with Crippen LogP contribution in [-0.4, -0.2) is 103 Å². The highest BCUT2D eigenvalue weighted by atomic mass is 16.5. The Balaban J connectivity index is 1.28. The molecule has 10 nitrogen and oxygen atoms in total. The first kappa shape index (κ1) is 28.2. The molecule has 2 fully saturated rings. The van der Waals surface area contributed by atoms with Crippen molar-refractivity contribution in [2.24, 2.45) is 0 Å². The molecule has 4 heterocycles. The number of hydrogen-bond acceptors (Lipinski definition) is 9. The van der Waals surface area contributed by atoms with Gasteiger partial charge in [-0.05, 0) is 43.3 Å². The molecular formula is C32H40N6O4. The molecule has 0 radical (unpaired) electrons. The molecule has 2 aromatic carbocycles. The second-order valence-electron chi connectivity index (χ2n) is 11.3. The number of phenols is 1. The number of benzene rings is 2. The minimum absolute atomic E-state index is 0.0352. The van der Waals surface area contributed by atoms with Crippen LogP contribution in [0.4, 0.5) is 11.5 Å². The first-order valence-electron chi connectivity index (χ1n) is 14.9. The Kier molecular flexibility index (Phi) is 8.43. The molecule has 6 rings (SSSR count). The van der Waals surface area contributed by atoms with Crippen molar-refractivity contribution in [2.45, 2.75) is 31.8 Å². The van der Waals surface area contributed by atoms with Gasteiger partial charge in [-0.15, -0.1) is 0 Å². The van der Waals surface area contributed by atoms with Crippen LogP contribution in [-0.2, 0) is 22.5 Å². The van der Waals surface area contributed by atoms with E-state index in [4.69, 9.17) is 19.4 Å². The predicted molar refractivity (Wildman–Crippen MR) is 163 cm³/mol. The number of aromatic nitrogens is 2. The average molecular weight is 573 g/mol. The lowest BCUT2D eigenvalue weighted by Crippen LogP contribution is -2.49. The number of carbonyl (C=O) groups is 1. The van der Waals surface area contributed by atoms with Crippen LogP contribution in [0.2, 0.25) is 0 Å². The topological polar surface area (TPSA) is 94.5 Å². The van der Waals surface area contributed by atoms with Gasteiger partial charge in [-0.3, -0.25) is 9.69 Å². The van der Waals surface area contributed by atoms with Gasteiger partial charge in [-0.2, -0.15) is 9.97 Å². The maximum absolute atomic E-state index is 12.2. The molecule has 0 saturated carbocycles. The van der Waals surface area contributed by atoms with Crippen LogP contribution in [0, 0.1) is 0 Å². The Morgan fingerprint density at radius 2 is 1.93 bits per heavy atom. The molecule has 1 N–H and O–H groups in total. The number of aromatic hydroxyl groups is 1. The summed E-state index contributed by atoms with van der Waals surface area (Å²) in [5.74, 6) is 1.12. The smallest absolute Gasteiger partial charge is 0.318 e. The Bertz CT molecular complexity index is 1440. The number of hydrogen-bond donors (Lipinski definition) is 1. The van der Waals surface area contributed by atoms with Gasteiger partial charge in [0.05, 0.1) is 18.8 Å². The van der Waals surface area contributed by atoms with Crippen LogP contribution >= 0.6 is 0 Å². The third kappa shape index (κ3) is 5.87. The standard InChI is InChI=1S/C32H40N6O4/c1-3-30(40)36-13-15-37(16-14-36)31-27-10-12-38(29-20-25(39)19-23-7-4-5-9-26(23)29)21-28(27)33-32(34-31)42-22-24-8-6-11-35(24)17-18-41-2/h3-5,7,9,19-20,24,39H,1,6,8,10-18,21-22H2,2H3/t24-/m1/s1. The van der Waals surface area contributed by atoms with E-state index in [1.165, 1.54) is 6.08 Å². The van der Waals surface area contributed by atoms with E-state index in [0.29, 0.717) is 58.0 Å². The molecular weight excluding hydrogens is 532 g/mol. The number of rotatable bonds is 9. The summed E-state index contributed by atoms with van der Waals surface area (Å²) >= 11 is 0. The normalized spacial score (nSPS) is 19.3. The lowest BCUT2D eigenvalue weighted by Gasteiger charge is -2.38. The summed E-state index contributed by atoms with van der Waals surface area (Å²) in [6, 6.07) is 12.5. The number of piperazine rings is 1. The molecule has 0 aliphatic carbocycles. The predicted octanol–water partition coefficient (Wildman–Crippen LogP) is 3.22. The summed E-state index contributed by atoms with van der Waals surface area (Å²) in [6.45, 7) is 10.8. The molecule has 1 atom stereocenters. The lowest BCUT2D eigenvalue weighted by atomic mass is 10.0. The number of anilines is 2. The zero-order chi connectivity index (χ0) is 29.1. The average Bonchev–Trinajstić information content (AvgIpc) is 3.48. The van der Waals surface area contributed by atoms with Crippen LogP contribution < -0.4 is 14.5 Å². The van der Waals surface area contributed by atoms with E-state index in [1.54, 1.807) is 13.2 Å². The van der Waals surface area contributed by atoms with Gasteiger partial charge >= 0.3 is 6.01 Å². The van der Waals surface area contributed by atoms with Crippen LogP contribution in [0.5, 0.6) is 11.8 Å². The minimum Gasteiger partial charge on any atom is -0.508 e. The molecule has 0 spiro atoms. The summed E-state index contributed by atoms with van der Waals surface area (Å²) < 4.78 is 11.6. The molecule has 0 unspecified atom stereocenters. The maximum Gasteiger partial charge on any atom is 0.318 e. The second kappa shape index (κ2) is 12.5. The molecule has 10 heteroatoms. The minimum atomic E-state index is -0.0352. The quantitative estimate of drug-likeness (QED) is 0.388. The van der Waals surface area contributed by atoms with Gasteiger partial charge in [0, 0.05) is 75.1 Å². The summed E-state index contributed by atoms with van der Waals surface area (Å²) in [4.78, 5) is 30.9. The first-order chi connectivity index (χ1) is 20.5. The van der Waals surface area contributed by atoms with E-state index in [2.05, 4.69) is 27.3 Å². The molecule has 222 valence electrons. The molecule has 1 aromatic heterocycles. The summed E-state index contributed by atoms with van der Waals surface area (Å²) in [5.41, 5.74) is 3.07. The van der Waals surface area contributed by atoms with Gasteiger partial charge in [0.25, 0.3) is 0 Å². The number of fused-ring (bicyclic) bond motifs is 2. The van der Waals surface area contributed by atoms with Crippen molar-refractivity contribution in [3.8, 4) is 11.8 Å². The summed E-state index contributed by atoms with van der Waals surface area (Å²) in [7, 11) is 1.74. The van der Waals surface area contributed by atoms with Crippen molar-refractivity contribution >= 4 is 28.2 Å². The number of amides is 1. The summed E-state index contributed by atoms with van der Waals surface area (Å²) in [5, 5.41) is 12.6. The highest BCUT2D eigenvalue weighted by molar-refractivity contribution is 5.95. The molecule has 0 bridgehead atoms.